The Morgan fingerprint density at radius 2 is 2.42 bits per heavy atom. The van der Waals surface area contributed by atoms with Crippen molar-refractivity contribution in [2.24, 2.45) is 0 Å². The first-order chi connectivity index (χ1) is 5.70. The van der Waals surface area contributed by atoms with E-state index >= 15 is 0 Å². The third-order valence-electron chi connectivity index (χ3n) is 1.24. The molecule has 5 nitrogen and oxygen atoms in total. The van der Waals surface area contributed by atoms with Crippen LogP contribution in [0.4, 0.5) is 0 Å². The largest absolute Gasteiger partial charge is 0.344 e. The minimum atomic E-state index is -0.317. The average molecular weight is 167 g/mol. The minimum absolute atomic E-state index is 0.0534. The Morgan fingerprint density at radius 1 is 1.67 bits per heavy atom. The number of carbonyl (C=O) groups is 2. The Kier molecular flexibility index (Phi) is 2.57. The van der Waals surface area contributed by atoms with Gasteiger partial charge in [-0.25, -0.2) is 4.98 Å². The molecule has 2 N–H and O–H groups in total. The standard InChI is InChI=1S/C7H9N3O2/c1-5(11)2-9-7(12)6-3-8-4-10-6/h3-4H,2H2,1H3,(H,8,10)(H,9,12). The SMILES string of the molecule is CC(=O)CNC(=O)c1cnc[nH]1. The van der Waals surface area contributed by atoms with Gasteiger partial charge in [0.25, 0.3) is 5.91 Å². The summed E-state index contributed by atoms with van der Waals surface area (Å²) in [7, 11) is 0. The predicted octanol–water partition coefficient (Wildman–Crippen LogP) is -0.272. The number of hydrogen-bond acceptors (Lipinski definition) is 3. The minimum Gasteiger partial charge on any atom is -0.344 e. The summed E-state index contributed by atoms with van der Waals surface area (Å²) in [6.45, 7) is 1.46. The lowest BCUT2D eigenvalue weighted by atomic mass is 10.4. The average Bonchev–Trinajstić information content (AvgIpc) is 2.51. The van der Waals surface area contributed by atoms with E-state index in [1.54, 1.807) is 0 Å². The first kappa shape index (κ1) is 8.45. The quantitative estimate of drug-likeness (QED) is 0.650. The molecule has 0 fully saturated rings. The monoisotopic (exact) mass is 167 g/mol. The maximum Gasteiger partial charge on any atom is 0.269 e. The highest BCUT2D eigenvalue weighted by Gasteiger charge is 2.05. The highest BCUT2D eigenvalue weighted by molar-refractivity contribution is 5.94. The van der Waals surface area contributed by atoms with Crippen LogP contribution < -0.4 is 5.32 Å². The second-order valence-electron chi connectivity index (χ2n) is 2.35. The Labute approximate surface area is 69.2 Å². The van der Waals surface area contributed by atoms with Crippen molar-refractivity contribution in [1.29, 1.82) is 0 Å². The lowest BCUT2D eigenvalue weighted by molar-refractivity contribution is -0.116. The molecule has 0 atom stereocenters. The number of H-pyrrole nitrogens is 1. The second kappa shape index (κ2) is 3.66. The zero-order valence-electron chi connectivity index (χ0n) is 6.63. The summed E-state index contributed by atoms with van der Waals surface area (Å²) in [5.74, 6) is -0.398. The molecule has 1 aromatic rings. The fraction of sp³-hybridized carbons (Fsp3) is 0.286. The molecule has 12 heavy (non-hydrogen) atoms. The van der Waals surface area contributed by atoms with Crippen LogP contribution in [0.15, 0.2) is 12.5 Å². The molecule has 0 spiro atoms. The number of aromatic amines is 1. The third kappa shape index (κ3) is 2.19. The summed E-state index contributed by atoms with van der Waals surface area (Å²) in [5, 5.41) is 2.42. The van der Waals surface area contributed by atoms with E-state index in [-0.39, 0.29) is 18.2 Å². The van der Waals surface area contributed by atoms with Crippen LogP contribution in [-0.4, -0.2) is 28.2 Å². The summed E-state index contributed by atoms with van der Waals surface area (Å²) in [4.78, 5) is 27.8. The van der Waals surface area contributed by atoms with E-state index in [2.05, 4.69) is 15.3 Å². The Hall–Kier alpha value is -1.65. The number of carbonyl (C=O) groups excluding carboxylic acids is 2. The van der Waals surface area contributed by atoms with Gasteiger partial charge in [-0.1, -0.05) is 0 Å². The number of nitrogens with one attached hydrogen (secondary N) is 2. The van der Waals surface area contributed by atoms with E-state index in [0.717, 1.165) is 0 Å². The molecule has 0 bridgehead atoms. The van der Waals surface area contributed by atoms with Gasteiger partial charge in [0, 0.05) is 0 Å². The van der Waals surface area contributed by atoms with E-state index in [0.29, 0.717) is 5.69 Å². The van der Waals surface area contributed by atoms with Crippen molar-refractivity contribution in [2.75, 3.05) is 6.54 Å². The highest BCUT2D eigenvalue weighted by Crippen LogP contribution is 1.88. The number of nitrogens with zero attached hydrogens (tertiary/aromatic N) is 1. The van der Waals surface area contributed by atoms with Crippen molar-refractivity contribution >= 4 is 11.7 Å². The van der Waals surface area contributed by atoms with Gasteiger partial charge in [0.2, 0.25) is 0 Å². The molecule has 0 aliphatic carbocycles. The van der Waals surface area contributed by atoms with E-state index in [9.17, 15) is 9.59 Å². The van der Waals surface area contributed by atoms with Crippen LogP contribution in [0.3, 0.4) is 0 Å². The fourth-order valence-corrected chi connectivity index (χ4v) is 0.680. The molecule has 0 saturated carbocycles. The molecule has 1 rings (SSSR count). The van der Waals surface area contributed by atoms with E-state index in [1.165, 1.54) is 19.4 Å². The molecule has 64 valence electrons. The molecule has 0 aromatic carbocycles. The topological polar surface area (TPSA) is 74.8 Å². The maximum absolute atomic E-state index is 11.1. The number of rotatable bonds is 3. The predicted molar refractivity (Wildman–Crippen MR) is 41.6 cm³/mol. The molecule has 1 aromatic heterocycles. The van der Waals surface area contributed by atoms with Crippen LogP contribution in [0.1, 0.15) is 17.4 Å². The van der Waals surface area contributed by atoms with E-state index in [1.807, 2.05) is 0 Å². The molecule has 0 saturated heterocycles. The van der Waals surface area contributed by atoms with Crippen LogP contribution in [-0.2, 0) is 4.79 Å². The van der Waals surface area contributed by atoms with Crippen molar-refractivity contribution < 1.29 is 9.59 Å². The van der Waals surface area contributed by atoms with Crippen LogP contribution >= 0.6 is 0 Å². The lowest BCUT2D eigenvalue weighted by Crippen LogP contribution is -2.28. The summed E-state index contributed by atoms with van der Waals surface area (Å²) >= 11 is 0. The van der Waals surface area contributed by atoms with Crippen LogP contribution in [0, 0.1) is 0 Å². The van der Waals surface area contributed by atoms with Gasteiger partial charge in [-0.15, -0.1) is 0 Å². The summed E-state index contributed by atoms with van der Waals surface area (Å²) < 4.78 is 0. The molecular weight excluding hydrogens is 158 g/mol. The number of ketones is 1. The van der Waals surface area contributed by atoms with Crippen molar-refractivity contribution in [1.82, 2.24) is 15.3 Å². The van der Waals surface area contributed by atoms with Gasteiger partial charge in [-0.3, -0.25) is 9.59 Å². The highest BCUT2D eigenvalue weighted by atomic mass is 16.2. The number of amides is 1. The molecule has 5 heteroatoms. The first-order valence-corrected chi connectivity index (χ1v) is 3.46. The number of hydrogen-bond donors (Lipinski definition) is 2. The van der Waals surface area contributed by atoms with Gasteiger partial charge in [0.15, 0.2) is 0 Å². The second-order valence-corrected chi connectivity index (χ2v) is 2.35. The Morgan fingerprint density at radius 3 is 2.92 bits per heavy atom. The normalized spacial score (nSPS) is 9.42. The maximum atomic E-state index is 11.1. The molecule has 0 unspecified atom stereocenters. The lowest BCUT2D eigenvalue weighted by Gasteiger charge is -1.98. The van der Waals surface area contributed by atoms with Gasteiger partial charge in [-0.05, 0) is 6.92 Å². The van der Waals surface area contributed by atoms with Crippen LogP contribution in [0.5, 0.6) is 0 Å². The Bertz CT molecular complexity index is 279. The van der Waals surface area contributed by atoms with E-state index < -0.39 is 0 Å². The van der Waals surface area contributed by atoms with Crippen LogP contribution in [0.2, 0.25) is 0 Å². The number of imidazole rings is 1. The summed E-state index contributed by atoms with van der Waals surface area (Å²) in [5.41, 5.74) is 0.358. The molecule has 0 aliphatic rings. The number of Topliss-reactive ketones (excluding diaryl/α,β-unsaturated/α-hetero) is 1. The fourth-order valence-electron chi connectivity index (χ4n) is 0.680. The Balaban J connectivity index is 2.45. The van der Waals surface area contributed by atoms with E-state index in [4.69, 9.17) is 0 Å². The first-order valence-electron chi connectivity index (χ1n) is 3.46. The van der Waals surface area contributed by atoms with Crippen molar-refractivity contribution in [2.45, 2.75) is 6.92 Å². The molecule has 0 aliphatic heterocycles. The van der Waals surface area contributed by atoms with Crippen LogP contribution in [0.25, 0.3) is 0 Å². The van der Waals surface area contributed by atoms with Gasteiger partial charge in [0.05, 0.1) is 19.1 Å². The molecule has 1 amide bonds. The summed E-state index contributed by atoms with van der Waals surface area (Å²) in [6, 6.07) is 0. The third-order valence-corrected chi connectivity index (χ3v) is 1.24. The molecule has 0 radical (unpaired) electrons. The molecule has 1 heterocycles. The smallest absolute Gasteiger partial charge is 0.269 e. The van der Waals surface area contributed by atoms with Gasteiger partial charge in [0.1, 0.15) is 11.5 Å². The van der Waals surface area contributed by atoms with Crippen molar-refractivity contribution in [3.05, 3.63) is 18.2 Å². The zero-order chi connectivity index (χ0) is 8.97. The van der Waals surface area contributed by atoms with Crippen molar-refractivity contribution in [3.8, 4) is 0 Å². The van der Waals surface area contributed by atoms with Crippen molar-refractivity contribution in [3.63, 3.8) is 0 Å². The number of aromatic nitrogens is 2. The summed E-state index contributed by atoms with van der Waals surface area (Å²) in [6.07, 6.45) is 2.80. The zero-order valence-corrected chi connectivity index (χ0v) is 6.63. The van der Waals surface area contributed by atoms with Gasteiger partial charge >= 0.3 is 0 Å². The van der Waals surface area contributed by atoms with Gasteiger partial charge in [-0.2, -0.15) is 0 Å². The van der Waals surface area contributed by atoms with Gasteiger partial charge < -0.3 is 10.3 Å². The molecular formula is C7H9N3O2.